The Kier molecular flexibility index (Phi) is 5.96. The third-order valence-corrected chi connectivity index (χ3v) is 5.78. The fraction of sp³-hybridized carbons (Fsp3) is 0.360. The van der Waals surface area contributed by atoms with E-state index < -0.39 is 17.5 Å². The zero-order valence-corrected chi connectivity index (χ0v) is 19.1. The number of carbonyl (C=O) groups excluding carboxylic acids is 2. The van der Waals surface area contributed by atoms with Gasteiger partial charge in [-0.2, -0.15) is 0 Å². The Morgan fingerprint density at radius 2 is 1.97 bits per heavy atom. The maximum absolute atomic E-state index is 12.7. The van der Waals surface area contributed by atoms with Crippen LogP contribution in [0.25, 0.3) is 17.0 Å². The first-order valence-electron chi connectivity index (χ1n) is 10.3. The lowest BCUT2D eigenvalue weighted by atomic mass is 9.86. The molecule has 1 saturated heterocycles. The summed E-state index contributed by atoms with van der Waals surface area (Å²) in [6.45, 7) is 13.8. The number of amides is 2. The van der Waals surface area contributed by atoms with Crippen molar-refractivity contribution in [2.45, 2.75) is 52.2 Å². The second-order valence-electron chi connectivity index (χ2n) is 8.91. The molecule has 164 valence electrons. The third kappa shape index (κ3) is 4.35. The number of rotatable bonds is 6. The van der Waals surface area contributed by atoms with Gasteiger partial charge in [-0.3, -0.25) is 9.59 Å². The van der Waals surface area contributed by atoms with Crippen LogP contribution in [0.5, 0.6) is 0 Å². The van der Waals surface area contributed by atoms with E-state index in [1.54, 1.807) is 6.08 Å². The van der Waals surface area contributed by atoms with Gasteiger partial charge in [-0.15, -0.1) is 6.58 Å². The van der Waals surface area contributed by atoms with Gasteiger partial charge in [0.1, 0.15) is 5.70 Å². The largest absolute Gasteiger partial charge is 0.357 e. The molecule has 0 spiro atoms. The van der Waals surface area contributed by atoms with Crippen LogP contribution in [-0.4, -0.2) is 29.6 Å². The summed E-state index contributed by atoms with van der Waals surface area (Å²) in [4.78, 5) is 28.7. The molecule has 1 aliphatic heterocycles. The molecule has 2 aromatic rings. The topological polar surface area (TPSA) is 83.2 Å². The summed E-state index contributed by atoms with van der Waals surface area (Å²) in [5.74, 6) is -0.823. The number of methoxy groups -OCH3 is 1. The van der Waals surface area contributed by atoms with E-state index in [1.165, 1.54) is 25.2 Å². The van der Waals surface area contributed by atoms with Crippen LogP contribution in [0.2, 0.25) is 0 Å². The van der Waals surface area contributed by atoms with E-state index in [0.29, 0.717) is 0 Å². The van der Waals surface area contributed by atoms with E-state index in [9.17, 15) is 9.59 Å². The molecule has 2 amide bonds. The van der Waals surface area contributed by atoms with Crippen molar-refractivity contribution in [1.29, 1.82) is 0 Å². The zero-order valence-electron chi connectivity index (χ0n) is 19.1. The van der Waals surface area contributed by atoms with E-state index in [0.717, 1.165) is 28.6 Å². The Hall–Kier alpha value is -3.12. The molecule has 3 N–H and O–H groups in total. The number of piperazine rings is 1. The normalized spacial score (nSPS) is 20.5. The quantitative estimate of drug-likeness (QED) is 0.485. The fourth-order valence-electron chi connectivity index (χ4n) is 3.50. The molecular formula is C25H31N3O3. The van der Waals surface area contributed by atoms with Crippen molar-refractivity contribution in [3.05, 3.63) is 65.0 Å². The molecule has 0 aliphatic carbocycles. The molecule has 1 aromatic carbocycles. The van der Waals surface area contributed by atoms with Crippen LogP contribution < -0.4 is 10.6 Å². The number of nitrogens with one attached hydrogen (secondary N) is 3. The lowest BCUT2D eigenvalue weighted by Crippen LogP contribution is -2.63. The number of hydrogen-bond acceptors (Lipinski definition) is 3. The van der Waals surface area contributed by atoms with Gasteiger partial charge in [0.25, 0.3) is 11.8 Å². The highest BCUT2D eigenvalue weighted by molar-refractivity contribution is 6.09. The number of H-pyrrole nitrogens is 1. The van der Waals surface area contributed by atoms with Crippen LogP contribution in [0.15, 0.2) is 48.2 Å². The molecule has 1 atom stereocenters. The molecule has 1 fully saturated rings. The van der Waals surface area contributed by atoms with Gasteiger partial charge in [0, 0.05) is 34.7 Å². The van der Waals surface area contributed by atoms with E-state index in [-0.39, 0.29) is 11.1 Å². The average molecular weight is 422 g/mol. The highest BCUT2D eigenvalue weighted by Gasteiger charge is 2.41. The lowest BCUT2D eigenvalue weighted by molar-refractivity contribution is -0.153. The Morgan fingerprint density at radius 3 is 2.58 bits per heavy atom. The summed E-state index contributed by atoms with van der Waals surface area (Å²) in [5.41, 5.74) is 3.57. The van der Waals surface area contributed by atoms with Crippen LogP contribution in [-0.2, 0) is 26.2 Å². The smallest absolute Gasteiger partial charge is 0.277 e. The Bertz CT molecular complexity index is 1120. The Labute approximate surface area is 183 Å². The summed E-state index contributed by atoms with van der Waals surface area (Å²) in [6.07, 6.45) is 6.60. The van der Waals surface area contributed by atoms with Gasteiger partial charge >= 0.3 is 0 Å². The van der Waals surface area contributed by atoms with Crippen molar-refractivity contribution in [2.24, 2.45) is 0 Å². The average Bonchev–Trinajstić information content (AvgIpc) is 3.09. The standard InChI is InChI=1S/C25H31N3O3/c1-8-24(4,5)21-18(14-20-22(29)28-25(6,31-7)23(30)27-20)17-13-16(10-9-15(2)3)11-12-19(17)26-21/h8-9,11-14,26H,1,10H2,2-7H3,(H,27,30)(H,28,29). The number of ether oxygens (including phenoxy) is 1. The second-order valence-corrected chi connectivity index (χ2v) is 8.91. The van der Waals surface area contributed by atoms with Crippen LogP contribution in [0.1, 0.15) is 51.4 Å². The highest BCUT2D eigenvalue weighted by atomic mass is 16.5. The summed E-state index contributed by atoms with van der Waals surface area (Å²) in [7, 11) is 1.38. The van der Waals surface area contributed by atoms with Gasteiger partial charge in [-0.05, 0) is 51.0 Å². The predicted molar refractivity (Wildman–Crippen MR) is 124 cm³/mol. The Balaban J connectivity index is 2.17. The highest BCUT2D eigenvalue weighted by Crippen LogP contribution is 2.35. The van der Waals surface area contributed by atoms with Gasteiger partial charge in [0.05, 0.1) is 0 Å². The van der Waals surface area contributed by atoms with Gasteiger partial charge in [-0.25, -0.2) is 0 Å². The van der Waals surface area contributed by atoms with Crippen LogP contribution in [0, 0.1) is 0 Å². The van der Waals surface area contributed by atoms with Crippen LogP contribution in [0.4, 0.5) is 0 Å². The maximum atomic E-state index is 12.7. The van der Waals surface area contributed by atoms with Gasteiger partial charge in [-0.1, -0.05) is 37.6 Å². The number of aromatic nitrogens is 1. The SMILES string of the molecule is C=CC(C)(C)c1[nH]c2ccc(CC=C(C)C)cc2c1C=C1NC(=O)C(C)(OC)NC1=O. The minimum atomic E-state index is -1.39. The first-order chi connectivity index (χ1) is 14.5. The van der Waals surface area contributed by atoms with E-state index >= 15 is 0 Å². The summed E-state index contributed by atoms with van der Waals surface area (Å²) in [5, 5.41) is 6.32. The molecular weight excluding hydrogens is 390 g/mol. The van der Waals surface area contributed by atoms with Gasteiger partial charge in [0.2, 0.25) is 5.72 Å². The molecule has 1 aromatic heterocycles. The van der Waals surface area contributed by atoms with Crippen molar-refractivity contribution in [1.82, 2.24) is 15.6 Å². The summed E-state index contributed by atoms with van der Waals surface area (Å²) in [6, 6.07) is 6.27. The van der Waals surface area contributed by atoms with E-state index in [4.69, 9.17) is 4.74 Å². The molecule has 0 bridgehead atoms. The van der Waals surface area contributed by atoms with Gasteiger partial charge in [0.15, 0.2) is 0 Å². The molecule has 2 heterocycles. The number of fused-ring (bicyclic) bond motifs is 1. The van der Waals surface area contributed by atoms with Crippen molar-refractivity contribution in [2.75, 3.05) is 7.11 Å². The van der Waals surface area contributed by atoms with E-state index in [1.807, 2.05) is 6.08 Å². The number of hydrogen-bond donors (Lipinski definition) is 3. The first kappa shape index (κ1) is 22.6. The minimum Gasteiger partial charge on any atom is -0.357 e. The van der Waals surface area contributed by atoms with Crippen molar-refractivity contribution >= 4 is 28.8 Å². The maximum Gasteiger partial charge on any atom is 0.277 e. The van der Waals surface area contributed by atoms with Gasteiger partial charge < -0.3 is 20.4 Å². The zero-order chi connectivity index (χ0) is 23.0. The fourth-order valence-corrected chi connectivity index (χ4v) is 3.50. The lowest BCUT2D eigenvalue weighted by Gasteiger charge is -2.33. The van der Waals surface area contributed by atoms with E-state index in [2.05, 4.69) is 74.2 Å². The van der Waals surface area contributed by atoms with Crippen LogP contribution in [0.3, 0.4) is 0 Å². The van der Waals surface area contributed by atoms with Crippen molar-refractivity contribution < 1.29 is 14.3 Å². The number of allylic oxidation sites excluding steroid dienone is 3. The minimum absolute atomic E-state index is 0.177. The molecule has 1 aliphatic rings. The molecule has 6 nitrogen and oxygen atoms in total. The monoisotopic (exact) mass is 421 g/mol. The first-order valence-corrected chi connectivity index (χ1v) is 10.3. The molecule has 0 radical (unpaired) electrons. The molecule has 1 unspecified atom stereocenters. The predicted octanol–water partition coefficient (Wildman–Crippen LogP) is 4.09. The number of carbonyl (C=O) groups is 2. The third-order valence-electron chi connectivity index (χ3n) is 5.78. The number of benzene rings is 1. The molecule has 31 heavy (non-hydrogen) atoms. The summed E-state index contributed by atoms with van der Waals surface area (Å²) < 4.78 is 5.18. The van der Waals surface area contributed by atoms with Crippen molar-refractivity contribution in [3.63, 3.8) is 0 Å². The molecule has 0 saturated carbocycles. The molecule has 6 heteroatoms. The molecule has 3 rings (SSSR count). The second kappa shape index (κ2) is 8.19. The Morgan fingerprint density at radius 1 is 1.26 bits per heavy atom. The summed E-state index contributed by atoms with van der Waals surface area (Å²) >= 11 is 0. The number of aromatic amines is 1. The van der Waals surface area contributed by atoms with Crippen molar-refractivity contribution in [3.8, 4) is 0 Å². The van der Waals surface area contributed by atoms with Crippen LogP contribution >= 0.6 is 0 Å².